The molecule has 8 heteroatoms. The Hall–Kier alpha value is -3.42. The fourth-order valence-electron chi connectivity index (χ4n) is 2.18. The summed E-state index contributed by atoms with van der Waals surface area (Å²) in [6, 6.07) is 8.24. The SMILES string of the molecule is O=C(Nc1ccc(F)c(F)c1F)c1ccnc(NCc2cccnc2)c1. The van der Waals surface area contributed by atoms with Crippen molar-refractivity contribution in [2.45, 2.75) is 6.54 Å². The molecule has 2 N–H and O–H groups in total. The Balaban J connectivity index is 1.71. The first-order valence-electron chi connectivity index (χ1n) is 7.58. The number of carbonyl (C=O) groups excluding carboxylic acids is 1. The van der Waals surface area contributed by atoms with Crippen molar-refractivity contribution in [2.24, 2.45) is 0 Å². The van der Waals surface area contributed by atoms with Crippen LogP contribution < -0.4 is 10.6 Å². The molecule has 0 unspecified atom stereocenters. The lowest BCUT2D eigenvalue weighted by atomic mass is 10.2. The first-order chi connectivity index (χ1) is 12.5. The van der Waals surface area contributed by atoms with E-state index in [0.29, 0.717) is 12.4 Å². The number of carbonyl (C=O) groups is 1. The topological polar surface area (TPSA) is 66.9 Å². The van der Waals surface area contributed by atoms with Crippen LogP contribution in [0.15, 0.2) is 55.0 Å². The van der Waals surface area contributed by atoms with E-state index < -0.39 is 29.0 Å². The zero-order valence-corrected chi connectivity index (χ0v) is 13.3. The number of rotatable bonds is 5. The number of aromatic nitrogens is 2. The maximum atomic E-state index is 13.7. The number of nitrogens with zero attached hydrogens (tertiary/aromatic N) is 2. The highest BCUT2D eigenvalue weighted by Crippen LogP contribution is 2.20. The second-order valence-electron chi connectivity index (χ2n) is 5.32. The van der Waals surface area contributed by atoms with E-state index in [9.17, 15) is 18.0 Å². The highest BCUT2D eigenvalue weighted by molar-refractivity contribution is 6.04. The van der Waals surface area contributed by atoms with Gasteiger partial charge < -0.3 is 10.6 Å². The van der Waals surface area contributed by atoms with Gasteiger partial charge in [0.15, 0.2) is 17.5 Å². The van der Waals surface area contributed by atoms with Crippen molar-refractivity contribution < 1.29 is 18.0 Å². The van der Waals surface area contributed by atoms with Gasteiger partial charge in [-0.05, 0) is 35.9 Å². The Morgan fingerprint density at radius 3 is 2.65 bits per heavy atom. The van der Waals surface area contributed by atoms with Gasteiger partial charge in [-0.2, -0.15) is 0 Å². The normalized spacial score (nSPS) is 10.4. The molecule has 0 bridgehead atoms. The van der Waals surface area contributed by atoms with Crippen molar-refractivity contribution in [2.75, 3.05) is 10.6 Å². The molecule has 0 atom stereocenters. The lowest BCUT2D eigenvalue weighted by Crippen LogP contribution is -2.14. The Bertz CT molecular complexity index is 935. The monoisotopic (exact) mass is 358 g/mol. The number of nitrogens with one attached hydrogen (secondary N) is 2. The highest BCUT2D eigenvalue weighted by Gasteiger charge is 2.16. The fourth-order valence-corrected chi connectivity index (χ4v) is 2.18. The summed E-state index contributed by atoms with van der Waals surface area (Å²) in [7, 11) is 0. The second kappa shape index (κ2) is 7.64. The molecule has 3 rings (SSSR count). The van der Waals surface area contributed by atoms with E-state index in [0.717, 1.165) is 17.7 Å². The number of benzene rings is 1. The summed E-state index contributed by atoms with van der Waals surface area (Å²) in [6.07, 6.45) is 4.75. The molecule has 0 radical (unpaired) electrons. The number of pyridine rings is 2. The molecular formula is C18H13F3N4O. The van der Waals surface area contributed by atoms with Gasteiger partial charge in [0, 0.05) is 30.7 Å². The average molecular weight is 358 g/mol. The van der Waals surface area contributed by atoms with Crippen molar-refractivity contribution in [1.82, 2.24) is 9.97 Å². The molecule has 0 fully saturated rings. The maximum absolute atomic E-state index is 13.7. The van der Waals surface area contributed by atoms with Gasteiger partial charge in [-0.15, -0.1) is 0 Å². The van der Waals surface area contributed by atoms with Crippen LogP contribution in [0.1, 0.15) is 15.9 Å². The predicted octanol–water partition coefficient (Wildman–Crippen LogP) is 3.76. The summed E-state index contributed by atoms with van der Waals surface area (Å²) >= 11 is 0. The lowest BCUT2D eigenvalue weighted by molar-refractivity contribution is 0.102. The van der Waals surface area contributed by atoms with Gasteiger partial charge in [0.1, 0.15) is 5.82 Å². The zero-order chi connectivity index (χ0) is 18.5. The van der Waals surface area contributed by atoms with Crippen molar-refractivity contribution in [1.29, 1.82) is 0 Å². The quantitative estimate of drug-likeness (QED) is 0.682. The molecule has 2 heterocycles. The van der Waals surface area contributed by atoms with Crippen molar-refractivity contribution in [3.63, 3.8) is 0 Å². The molecular weight excluding hydrogens is 345 g/mol. The summed E-state index contributed by atoms with van der Waals surface area (Å²) in [6.45, 7) is 0.448. The molecule has 0 saturated heterocycles. The molecule has 3 aromatic rings. The van der Waals surface area contributed by atoms with Gasteiger partial charge in [-0.25, -0.2) is 18.2 Å². The number of hydrogen-bond acceptors (Lipinski definition) is 4. The van der Waals surface area contributed by atoms with Crippen LogP contribution in [0, 0.1) is 17.5 Å². The second-order valence-corrected chi connectivity index (χ2v) is 5.32. The first kappa shape index (κ1) is 17.4. The van der Waals surface area contributed by atoms with E-state index in [-0.39, 0.29) is 5.56 Å². The van der Waals surface area contributed by atoms with E-state index in [2.05, 4.69) is 20.6 Å². The molecule has 0 aliphatic carbocycles. The molecule has 132 valence electrons. The zero-order valence-electron chi connectivity index (χ0n) is 13.3. The van der Waals surface area contributed by atoms with Crippen LogP contribution in [-0.4, -0.2) is 15.9 Å². The van der Waals surface area contributed by atoms with Crippen LogP contribution in [0.2, 0.25) is 0 Å². The van der Waals surface area contributed by atoms with Crippen LogP contribution in [0.3, 0.4) is 0 Å². The summed E-state index contributed by atoms with van der Waals surface area (Å²) in [5, 5.41) is 5.24. The molecule has 0 aliphatic heterocycles. The summed E-state index contributed by atoms with van der Waals surface area (Å²) in [5.41, 5.74) is 0.654. The minimum Gasteiger partial charge on any atom is -0.366 e. The largest absolute Gasteiger partial charge is 0.366 e. The molecule has 5 nitrogen and oxygen atoms in total. The molecule has 0 saturated carbocycles. The third-order valence-electron chi connectivity index (χ3n) is 3.50. The van der Waals surface area contributed by atoms with Gasteiger partial charge in [-0.1, -0.05) is 6.07 Å². The Morgan fingerprint density at radius 1 is 1.04 bits per heavy atom. The van der Waals surface area contributed by atoms with E-state index in [1.165, 1.54) is 18.3 Å². The summed E-state index contributed by atoms with van der Waals surface area (Å²) in [4.78, 5) is 20.3. The Labute approximate surface area is 146 Å². The molecule has 0 spiro atoms. The smallest absolute Gasteiger partial charge is 0.255 e. The van der Waals surface area contributed by atoms with Gasteiger partial charge in [0.05, 0.1) is 5.69 Å². The van der Waals surface area contributed by atoms with Crippen LogP contribution in [0.5, 0.6) is 0 Å². The minimum atomic E-state index is -1.64. The van der Waals surface area contributed by atoms with Gasteiger partial charge in [-0.3, -0.25) is 9.78 Å². The molecule has 0 aliphatic rings. The van der Waals surface area contributed by atoms with Crippen molar-refractivity contribution in [3.05, 3.63) is 83.6 Å². The summed E-state index contributed by atoms with van der Waals surface area (Å²) < 4.78 is 39.9. The molecule has 2 aromatic heterocycles. The van der Waals surface area contributed by atoms with Gasteiger partial charge in [0.25, 0.3) is 5.91 Å². The third kappa shape index (κ3) is 3.97. The standard InChI is InChI=1S/C18H13F3N4O/c19-13-3-4-14(17(21)16(13)20)25-18(26)12-5-7-23-15(8-12)24-10-11-2-1-6-22-9-11/h1-9H,10H2,(H,23,24)(H,25,26). The third-order valence-corrected chi connectivity index (χ3v) is 3.50. The number of anilines is 2. The van der Waals surface area contributed by atoms with E-state index >= 15 is 0 Å². The lowest BCUT2D eigenvalue weighted by Gasteiger charge is -2.09. The van der Waals surface area contributed by atoms with E-state index in [1.54, 1.807) is 18.5 Å². The van der Waals surface area contributed by atoms with Crippen LogP contribution in [0.25, 0.3) is 0 Å². The first-order valence-corrected chi connectivity index (χ1v) is 7.58. The minimum absolute atomic E-state index is 0.179. The average Bonchev–Trinajstić information content (AvgIpc) is 2.68. The van der Waals surface area contributed by atoms with Crippen molar-refractivity contribution >= 4 is 17.4 Å². The van der Waals surface area contributed by atoms with Gasteiger partial charge >= 0.3 is 0 Å². The number of amides is 1. The predicted molar refractivity (Wildman–Crippen MR) is 90.1 cm³/mol. The number of halogens is 3. The Morgan fingerprint density at radius 2 is 1.88 bits per heavy atom. The van der Waals surface area contributed by atoms with Gasteiger partial charge in [0.2, 0.25) is 0 Å². The molecule has 1 aromatic carbocycles. The number of hydrogen-bond donors (Lipinski definition) is 2. The highest BCUT2D eigenvalue weighted by atomic mass is 19.2. The van der Waals surface area contributed by atoms with E-state index in [1.807, 2.05) is 6.07 Å². The summed E-state index contributed by atoms with van der Waals surface area (Å²) in [5.74, 6) is -4.68. The van der Waals surface area contributed by atoms with Crippen LogP contribution in [-0.2, 0) is 6.54 Å². The Kier molecular flexibility index (Phi) is 5.12. The van der Waals surface area contributed by atoms with E-state index in [4.69, 9.17) is 0 Å². The fraction of sp³-hybridized carbons (Fsp3) is 0.0556. The van der Waals surface area contributed by atoms with Crippen molar-refractivity contribution in [3.8, 4) is 0 Å². The molecule has 1 amide bonds. The van der Waals surface area contributed by atoms with Crippen LogP contribution >= 0.6 is 0 Å². The van der Waals surface area contributed by atoms with Crippen LogP contribution in [0.4, 0.5) is 24.7 Å². The molecule has 26 heavy (non-hydrogen) atoms. The maximum Gasteiger partial charge on any atom is 0.255 e.